The zero-order chi connectivity index (χ0) is 16.8. The Bertz CT molecular complexity index is 653. The molecule has 2 N–H and O–H groups in total. The summed E-state index contributed by atoms with van der Waals surface area (Å²) in [5.41, 5.74) is 0. The smallest absolute Gasteiger partial charge is 0.126 e. The number of rotatable bonds is 7. The molecule has 1 aromatic carbocycles. The van der Waals surface area contributed by atoms with Gasteiger partial charge in [-0.1, -0.05) is 0 Å². The molecule has 0 atom stereocenters. The molecule has 130 valence electrons. The minimum absolute atomic E-state index is 0.328. The normalized spacial score (nSPS) is 15.8. The van der Waals surface area contributed by atoms with Crippen molar-refractivity contribution in [3.05, 3.63) is 30.5 Å². The van der Waals surface area contributed by atoms with Gasteiger partial charge >= 0.3 is 0 Å². The van der Waals surface area contributed by atoms with Gasteiger partial charge in [-0.3, -0.25) is 0 Å². The van der Waals surface area contributed by atoms with E-state index in [1.807, 2.05) is 6.20 Å². The van der Waals surface area contributed by atoms with Crippen LogP contribution in [0.2, 0.25) is 0 Å². The summed E-state index contributed by atoms with van der Waals surface area (Å²) in [4.78, 5) is 6.69. The molecule has 0 saturated carbocycles. The fourth-order valence-electron chi connectivity index (χ4n) is 3.01. The number of pyridine rings is 1. The lowest BCUT2D eigenvalue weighted by Gasteiger charge is -2.24. The standard InChI is InChI=1S/C19H28N4O/c1-23(2)11-3-8-21-19-13-16-12-18(5-4-15(16)14-22-19)24-17-6-9-20-10-7-17/h4-5,12-14,17,20H,3,6-11H2,1-2H3,(H,21,22). The maximum Gasteiger partial charge on any atom is 0.126 e. The maximum atomic E-state index is 6.14. The van der Waals surface area contributed by atoms with E-state index in [0.717, 1.165) is 62.4 Å². The molecule has 5 heteroatoms. The van der Waals surface area contributed by atoms with Crippen molar-refractivity contribution >= 4 is 16.6 Å². The van der Waals surface area contributed by atoms with Crippen molar-refractivity contribution in [1.29, 1.82) is 0 Å². The number of aromatic nitrogens is 1. The quantitative estimate of drug-likeness (QED) is 0.766. The average molecular weight is 328 g/mol. The molecule has 1 aromatic heterocycles. The molecule has 0 bridgehead atoms. The Hall–Kier alpha value is -1.85. The highest BCUT2D eigenvalue weighted by molar-refractivity contribution is 5.85. The van der Waals surface area contributed by atoms with Gasteiger partial charge in [0, 0.05) is 18.1 Å². The van der Waals surface area contributed by atoms with Crippen molar-refractivity contribution in [1.82, 2.24) is 15.2 Å². The molecule has 0 aliphatic carbocycles. The molecular formula is C19H28N4O. The average Bonchev–Trinajstić information content (AvgIpc) is 2.59. The third-order valence-electron chi connectivity index (χ3n) is 4.37. The number of ether oxygens (including phenoxy) is 1. The van der Waals surface area contributed by atoms with Gasteiger partial charge in [-0.25, -0.2) is 4.98 Å². The number of benzene rings is 1. The van der Waals surface area contributed by atoms with E-state index < -0.39 is 0 Å². The Balaban J connectivity index is 1.63. The highest BCUT2D eigenvalue weighted by Gasteiger charge is 2.14. The lowest BCUT2D eigenvalue weighted by Crippen LogP contribution is -2.34. The zero-order valence-corrected chi connectivity index (χ0v) is 14.7. The second kappa shape index (κ2) is 8.31. The molecular weight excluding hydrogens is 300 g/mol. The van der Waals surface area contributed by atoms with Gasteiger partial charge in [-0.2, -0.15) is 0 Å². The van der Waals surface area contributed by atoms with Crippen LogP contribution in [0, 0.1) is 0 Å². The van der Waals surface area contributed by atoms with E-state index in [-0.39, 0.29) is 0 Å². The van der Waals surface area contributed by atoms with Crippen molar-refractivity contribution < 1.29 is 4.74 Å². The van der Waals surface area contributed by atoms with Gasteiger partial charge in [0.1, 0.15) is 17.7 Å². The zero-order valence-electron chi connectivity index (χ0n) is 14.7. The molecule has 24 heavy (non-hydrogen) atoms. The molecule has 0 amide bonds. The van der Waals surface area contributed by atoms with E-state index in [1.165, 1.54) is 5.39 Å². The molecule has 0 radical (unpaired) electrons. The predicted octanol–water partition coefficient (Wildman–Crippen LogP) is 2.73. The minimum Gasteiger partial charge on any atom is -0.490 e. The van der Waals surface area contributed by atoms with Crippen LogP contribution >= 0.6 is 0 Å². The number of hydrogen-bond donors (Lipinski definition) is 2. The summed E-state index contributed by atoms with van der Waals surface area (Å²) in [6.45, 7) is 4.10. The molecule has 0 unspecified atom stereocenters. The predicted molar refractivity (Wildman–Crippen MR) is 99.9 cm³/mol. The Morgan fingerprint density at radius 1 is 1.21 bits per heavy atom. The summed E-state index contributed by atoms with van der Waals surface area (Å²) in [6, 6.07) is 8.38. The number of fused-ring (bicyclic) bond motifs is 1. The van der Waals surface area contributed by atoms with E-state index in [4.69, 9.17) is 4.74 Å². The molecule has 1 fully saturated rings. The van der Waals surface area contributed by atoms with Crippen LogP contribution in [0.5, 0.6) is 5.75 Å². The van der Waals surface area contributed by atoms with Gasteiger partial charge in [-0.15, -0.1) is 0 Å². The topological polar surface area (TPSA) is 49.4 Å². The van der Waals surface area contributed by atoms with E-state index in [0.29, 0.717) is 6.10 Å². The van der Waals surface area contributed by atoms with Crippen molar-refractivity contribution in [3.8, 4) is 5.75 Å². The summed E-state index contributed by atoms with van der Waals surface area (Å²) in [5.74, 6) is 1.89. The lowest BCUT2D eigenvalue weighted by atomic mass is 10.1. The van der Waals surface area contributed by atoms with Crippen molar-refractivity contribution in [2.45, 2.75) is 25.4 Å². The molecule has 1 aliphatic rings. The molecule has 2 aromatic rings. The van der Waals surface area contributed by atoms with Gasteiger partial charge in [0.05, 0.1) is 0 Å². The van der Waals surface area contributed by atoms with Crippen molar-refractivity contribution in [2.75, 3.05) is 45.6 Å². The Labute approximate surface area is 144 Å². The Kier molecular flexibility index (Phi) is 5.88. The number of hydrogen-bond acceptors (Lipinski definition) is 5. The fraction of sp³-hybridized carbons (Fsp3) is 0.526. The summed E-state index contributed by atoms with van der Waals surface area (Å²) in [5, 5.41) is 9.09. The third kappa shape index (κ3) is 4.82. The Morgan fingerprint density at radius 2 is 2.04 bits per heavy atom. The summed E-state index contributed by atoms with van der Waals surface area (Å²) >= 11 is 0. The number of nitrogens with zero attached hydrogens (tertiary/aromatic N) is 2. The van der Waals surface area contributed by atoms with Crippen LogP contribution in [0.4, 0.5) is 5.82 Å². The SMILES string of the molecule is CN(C)CCCNc1cc2cc(OC3CCNCC3)ccc2cn1. The van der Waals surface area contributed by atoms with Crippen molar-refractivity contribution in [2.24, 2.45) is 0 Å². The van der Waals surface area contributed by atoms with Crippen molar-refractivity contribution in [3.63, 3.8) is 0 Å². The second-order valence-corrected chi connectivity index (χ2v) is 6.73. The van der Waals surface area contributed by atoms with Crippen LogP contribution in [-0.4, -0.2) is 56.3 Å². The van der Waals surface area contributed by atoms with Crippen LogP contribution in [0.15, 0.2) is 30.5 Å². The van der Waals surface area contributed by atoms with Crippen LogP contribution in [0.25, 0.3) is 10.8 Å². The van der Waals surface area contributed by atoms with E-state index in [2.05, 4.69) is 58.9 Å². The van der Waals surface area contributed by atoms with Crippen LogP contribution in [0.3, 0.4) is 0 Å². The largest absolute Gasteiger partial charge is 0.490 e. The first kappa shape index (κ1) is 17.0. The lowest BCUT2D eigenvalue weighted by molar-refractivity contribution is 0.162. The molecule has 2 heterocycles. The van der Waals surface area contributed by atoms with E-state index in [1.54, 1.807) is 0 Å². The number of nitrogens with one attached hydrogen (secondary N) is 2. The molecule has 5 nitrogen and oxygen atoms in total. The van der Waals surface area contributed by atoms with Crippen LogP contribution in [-0.2, 0) is 0 Å². The third-order valence-corrected chi connectivity index (χ3v) is 4.37. The maximum absolute atomic E-state index is 6.14. The number of piperidine rings is 1. The summed E-state index contributed by atoms with van der Waals surface area (Å²) < 4.78 is 6.14. The molecule has 0 spiro atoms. The van der Waals surface area contributed by atoms with Crippen LogP contribution < -0.4 is 15.4 Å². The summed E-state index contributed by atoms with van der Waals surface area (Å²) in [6.07, 6.45) is 5.51. The first-order chi connectivity index (χ1) is 11.7. The van der Waals surface area contributed by atoms with Gasteiger partial charge < -0.3 is 20.3 Å². The number of anilines is 1. The van der Waals surface area contributed by atoms with Gasteiger partial charge in [0.2, 0.25) is 0 Å². The first-order valence-electron chi connectivity index (χ1n) is 8.86. The van der Waals surface area contributed by atoms with Gasteiger partial charge in [0.15, 0.2) is 0 Å². The summed E-state index contributed by atoms with van der Waals surface area (Å²) in [7, 11) is 4.19. The minimum atomic E-state index is 0.328. The second-order valence-electron chi connectivity index (χ2n) is 6.73. The van der Waals surface area contributed by atoms with E-state index in [9.17, 15) is 0 Å². The monoisotopic (exact) mass is 328 g/mol. The molecule has 1 aliphatic heterocycles. The highest BCUT2D eigenvalue weighted by atomic mass is 16.5. The van der Waals surface area contributed by atoms with Crippen LogP contribution in [0.1, 0.15) is 19.3 Å². The Morgan fingerprint density at radius 3 is 2.83 bits per heavy atom. The first-order valence-corrected chi connectivity index (χ1v) is 8.86. The van der Waals surface area contributed by atoms with E-state index >= 15 is 0 Å². The van der Waals surface area contributed by atoms with Gasteiger partial charge in [0.25, 0.3) is 0 Å². The fourth-order valence-corrected chi connectivity index (χ4v) is 3.01. The molecule has 3 rings (SSSR count). The molecule has 1 saturated heterocycles. The van der Waals surface area contributed by atoms with Gasteiger partial charge in [-0.05, 0) is 82.6 Å². The highest BCUT2D eigenvalue weighted by Crippen LogP contribution is 2.24.